The van der Waals surface area contributed by atoms with Crippen LogP contribution in [0.2, 0.25) is 0 Å². The van der Waals surface area contributed by atoms with Crippen molar-refractivity contribution in [1.82, 2.24) is 9.88 Å². The normalized spacial score (nSPS) is 18.9. The molecular formula is C14H23N3O. The van der Waals surface area contributed by atoms with Gasteiger partial charge in [0.2, 0.25) is 0 Å². The summed E-state index contributed by atoms with van der Waals surface area (Å²) in [5.74, 6) is 1.08. The van der Waals surface area contributed by atoms with Gasteiger partial charge in [0.05, 0.1) is 6.61 Å². The molecule has 1 aliphatic rings. The lowest BCUT2D eigenvalue weighted by molar-refractivity contribution is 0.114. The lowest BCUT2D eigenvalue weighted by Crippen LogP contribution is -2.51. The van der Waals surface area contributed by atoms with E-state index in [0.717, 1.165) is 44.1 Å². The third-order valence-corrected chi connectivity index (χ3v) is 3.71. The number of pyridine rings is 1. The number of hydrogen-bond donors (Lipinski definition) is 1. The van der Waals surface area contributed by atoms with E-state index >= 15 is 0 Å². The average Bonchev–Trinajstić information content (AvgIpc) is 2.41. The molecule has 4 nitrogen and oxygen atoms in total. The van der Waals surface area contributed by atoms with Crippen LogP contribution in [0.5, 0.6) is 0 Å². The zero-order chi connectivity index (χ0) is 13.0. The van der Waals surface area contributed by atoms with Gasteiger partial charge < -0.3 is 10.0 Å². The zero-order valence-electron chi connectivity index (χ0n) is 11.3. The monoisotopic (exact) mass is 249 g/mol. The van der Waals surface area contributed by atoms with E-state index in [9.17, 15) is 5.11 Å². The van der Waals surface area contributed by atoms with Crippen LogP contribution in [0, 0.1) is 6.92 Å². The standard InChI is InChI=1S/C14H23N3O/c1-3-13(11-18)16-7-9-17(10-8-16)14-6-4-5-12(2)15-14/h4-6,13,18H,3,7-11H2,1-2H3/t13-/m1/s1. The molecule has 18 heavy (non-hydrogen) atoms. The molecular weight excluding hydrogens is 226 g/mol. The van der Waals surface area contributed by atoms with Crippen LogP contribution in [0.4, 0.5) is 5.82 Å². The van der Waals surface area contributed by atoms with Crippen molar-refractivity contribution < 1.29 is 5.11 Å². The highest BCUT2D eigenvalue weighted by molar-refractivity contribution is 5.39. The first kappa shape index (κ1) is 13.3. The van der Waals surface area contributed by atoms with Crippen molar-refractivity contribution in [2.24, 2.45) is 0 Å². The summed E-state index contributed by atoms with van der Waals surface area (Å²) in [5, 5.41) is 9.33. The summed E-state index contributed by atoms with van der Waals surface area (Å²) in [7, 11) is 0. The Labute approximate surface area is 109 Å². The van der Waals surface area contributed by atoms with Crippen LogP contribution < -0.4 is 4.90 Å². The van der Waals surface area contributed by atoms with Gasteiger partial charge in [0.25, 0.3) is 0 Å². The van der Waals surface area contributed by atoms with E-state index in [1.165, 1.54) is 0 Å². The van der Waals surface area contributed by atoms with Gasteiger partial charge in [0.1, 0.15) is 5.82 Å². The van der Waals surface area contributed by atoms with Crippen LogP contribution >= 0.6 is 0 Å². The molecule has 100 valence electrons. The van der Waals surface area contributed by atoms with E-state index in [4.69, 9.17) is 0 Å². The number of aromatic nitrogens is 1. The predicted octanol–water partition coefficient (Wildman–Crippen LogP) is 1.28. The van der Waals surface area contributed by atoms with E-state index < -0.39 is 0 Å². The summed E-state index contributed by atoms with van der Waals surface area (Å²) < 4.78 is 0. The van der Waals surface area contributed by atoms with Crippen LogP contribution in [-0.4, -0.2) is 53.8 Å². The quantitative estimate of drug-likeness (QED) is 0.872. The van der Waals surface area contributed by atoms with Crippen molar-refractivity contribution in [3.63, 3.8) is 0 Å². The summed E-state index contributed by atoms with van der Waals surface area (Å²) in [6, 6.07) is 6.48. The average molecular weight is 249 g/mol. The highest BCUT2D eigenvalue weighted by Gasteiger charge is 2.22. The highest BCUT2D eigenvalue weighted by Crippen LogP contribution is 2.15. The number of rotatable bonds is 4. The molecule has 1 saturated heterocycles. The molecule has 2 rings (SSSR count). The number of nitrogens with zero attached hydrogens (tertiary/aromatic N) is 3. The Bertz CT molecular complexity index is 371. The van der Waals surface area contributed by atoms with Crippen LogP contribution in [0.25, 0.3) is 0 Å². The maximum absolute atomic E-state index is 9.33. The van der Waals surface area contributed by atoms with Crippen molar-refractivity contribution in [3.05, 3.63) is 23.9 Å². The van der Waals surface area contributed by atoms with Crippen molar-refractivity contribution >= 4 is 5.82 Å². The van der Waals surface area contributed by atoms with Gasteiger partial charge in [0, 0.05) is 37.9 Å². The molecule has 1 aromatic rings. The SMILES string of the molecule is CC[C@H](CO)N1CCN(c2cccc(C)n2)CC1. The van der Waals surface area contributed by atoms with Crippen LogP contribution in [-0.2, 0) is 0 Å². The first-order valence-electron chi connectivity index (χ1n) is 6.78. The molecule has 1 aromatic heterocycles. The first-order valence-corrected chi connectivity index (χ1v) is 6.78. The van der Waals surface area contributed by atoms with Gasteiger partial charge in [-0.05, 0) is 25.5 Å². The zero-order valence-corrected chi connectivity index (χ0v) is 11.3. The summed E-state index contributed by atoms with van der Waals surface area (Å²) in [6.07, 6.45) is 1.01. The van der Waals surface area contributed by atoms with Gasteiger partial charge in [0.15, 0.2) is 0 Å². The van der Waals surface area contributed by atoms with Crippen molar-refractivity contribution in [2.45, 2.75) is 26.3 Å². The molecule has 0 aliphatic carbocycles. The lowest BCUT2D eigenvalue weighted by Gasteiger charge is -2.39. The van der Waals surface area contributed by atoms with Gasteiger partial charge >= 0.3 is 0 Å². The number of aryl methyl sites for hydroxylation is 1. The fourth-order valence-corrected chi connectivity index (χ4v) is 2.52. The van der Waals surface area contributed by atoms with Gasteiger partial charge in [-0.15, -0.1) is 0 Å². The fraction of sp³-hybridized carbons (Fsp3) is 0.643. The number of anilines is 1. The van der Waals surface area contributed by atoms with Gasteiger partial charge in [-0.2, -0.15) is 0 Å². The number of piperazine rings is 1. The lowest BCUT2D eigenvalue weighted by atomic mass is 10.1. The molecule has 1 aliphatic heterocycles. The Kier molecular flexibility index (Phi) is 4.55. The Morgan fingerprint density at radius 2 is 2.00 bits per heavy atom. The number of aliphatic hydroxyl groups is 1. The molecule has 0 aromatic carbocycles. The van der Waals surface area contributed by atoms with Gasteiger partial charge in [-0.25, -0.2) is 4.98 Å². The molecule has 0 radical (unpaired) electrons. The molecule has 1 fully saturated rings. The fourth-order valence-electron chi connectivity index (χ4n) is 2.52. The minimum atomic E-state index is 0.263. The maximum atomic E-state index is 9.33. The number of hydrogen-bond acceptors (Lipinski definition) is 4. The molecule has 2 heterocycles. The first-order chi connectivity index (χ1) is 8.74. The highest BCUT2D eigenvalue weighted by atomic mass is 16.3. The topological polar surface area (TPSA) is 39.6 Å². The Morgan fingerprint density at radius 1 is 1.28 bits per heavy atom. The molecule has 0 unspecified atom stereocenters. The van der Waals surface area contributed by atoms with E-state index in [1.807, 2.05) is 13.0 Å². The third-order valence-electron chi connectivity index (χ3n) is 3.71. The molecule has 0 saturated carbocycles. The van der Waals surface area contributed by atoms with E-state index in [2.05, 4.69) is 33.8 Å². The van der Waals surface area contributed by atoms with Crippen molar-refractivity contribution in [1.29, 1.82) is 0 Å². The van der Waals surface area contributed by atoms with E-state index in [0.29, 0.717) is 6.04 Å². The number of aliphatic hydroxyl groups excluding tert-OH is 1. The maximum Gasteiger partial charge on any atom is 0.128 e. The Balaban J connectivity index is 1.94. The molecule has 1 atom stereocenters. The Hall–Kier alpha value is -1.13. The van der Waals surface area contributed by atoms with Crippen LogP contribution in [0.15, 0.2) is 18.2 Å². The largest absolute Gasteiger partial charge is 0.395 e. The second-order valence-corrected chi connectivity index (χ2v) is 4.90. The van der Waals surface area contributed by atoms with Gasteiger partial charge in [-0.3, -0.25) is 4.90 Å². The molecule has 0 bridgehead atoms. The predicted molar refractivity (Wildman–Crippen MR) is 73.9 cm³/mol. The molecule has 1 N–H and O–H groups in total. The van der Waals surface area contributed by atoms with Crippen molar-refractivity contribution in [2.75, 3.05) is 37.7 Å². The third kappa shape index (κ3) is 3.00. The minimum absolute atomic E-state index is 0.263. The Morgan fingerprint density at radius 3 is 2.56 bits per heavy atom. The second kappa shape index (κ2) is 6.16. The molecule has 0 spiro atoms. The van der Waals surface area contributed by atoms with Gasteiger partial charge in [-0.1, -0.05) is 13.0 Å². The summed E-state index contributed by atoms with van der Waals surface area (Å²) in [5.41, 5.74) is 1.07. The molecule has 0 amide bonds. The second-order valence-electron chi connectivity index (χ2n) is 4.90. The van der Waals surface area contributed by atoms with E-state index in [1.54, 1.807) is 0 Å². The summed E-state index contributed by atoms with van der Waals surface area (Å²) in [6.45, 7) is 8.43. The smallest absolute Gasteiger partial charge is 0.128 e. The van der Waals surface area contributed by atoms with E-state index in [-0.39, 0.29) is 6.61 Å². The summed E-state index contributed by atoms with van der Waals surface area (Å²) in [4.78, 5) is 9.27. The van der Waals surface area contributed by atoms with Crippen LogP contribution in [0.1, 0.15) is 19.0 Å². The summed E-state index contributed by atoms with van der Waals surface area (Å²) >= 11 is 0. The van der Waals surface area contributed by atoms with Crippen LogP contribution in [0.3, 0.4) is 0 Å². The minimum Gasteiger partial charge on any atom is -0.395 e. The molecule has 4 heteroatoms. The van der Waals surface area contributed by atoms with Crippen molar-refractivity contribution in [3.8, 4) is 0 Å².